The van der Waals surface area contributed by atoms with Crippen molar-refractivity contribution in [3.63, 3.8) is 0 Å². The molecule has 0 saturated carbocycles. The average Bonchev–Trinajstić information content (AvgIpc) is 2.56. The van der Waals surface area contributed by atoms with Gasteiger partial charge in [0.25, 0.3) is 5.91 Å². The smallest absolute Gasteiger partial charge is 0.271 e. The van der Waals surface area contributed by atoms with E-state index in [-0.39, 0.29) is 5.91 Å². The molecule has 2 rings (SSSR count). The van der Waals surface area contributed by atoms with Gasteiger partial charge in [-0.1, -0.05) is 25.0 Å². The summed E-state index contributed by atoms with van der Waals surface area (Å²) >= 11 is 0. The lowest BCUT2D eigenvalue weighted by atomic mass is 9.97. The van der Waals surface area contributed by atoms with Crippen LogP contribution in [0.3, 0.4) is 0 Å². The first-order valence-electron chi connectivity index (χ1n) is 8.31. The first-order chi connectivity index (χ1) is 10.8. The summed E-state index contributed by atoms with van der Waals surface area (Å²) in [7, 11) is 0. The minimum atomic E-state index is -0.149. The Morgan fingerprint density at radius 2 is 2.14 bits per heavy atom. The number of carbonyl (C=O) groups excluding carboxylic acids is 1. The molecule has 0 unspecified atom stereocenters. The van der Waals surface area contributed by atoms with E-state index in [1.807, 2.05) is 0 Å². The number of anilines is 1. The molecule has 1 aliphatic rings. The van der Waals surface area contributed by atoms with Gasteiger partial charge in [-0.3, -0.25) is 4.79 Å². The van der Waals surface area contributed by atoms with Crippen LogP contribution in [0, 0.1) is 0 Å². The molecule has 5 heteroatoms. The number of allylic oxidation sites excluding steroid dienone is 1. The zero-order valence-electron chi connectivity index (χ0n) is 13.4. The van der Waals surface area contributed by atoms with E-state index in [9.17, 15) is 4.79 Å². The van der Waals surface area contributed by atoms with Gasteiger partial charge >= 0.3 is 0 Å². The number of nitrogens with zero attached hydrogens (tertiary/aromatic N) is 2. The fraction of sp³-hybridized carbons (Fsp3) is 0.588. The number of nitrogens with one attached hydrogen (secondary N) is 2. The Labute approximate surface area is 132 Å². The Hall–Kier alpha value is -1.91. The molecule has 1 heterocycles. The lowest BCUT2D eigenvalue weighted by molar-refractivity contribution is 0.0948. The molecule has 1 aromatic heterocycles. The SMILES string of the molecule is CCCCNc1cnc(C(=O)NCCC2=CCCCC2)cn1. The van der Waals surface area contributed by atoms with Gasteiger partial charge in [0, 0.05) is 13.1 Å². The fourth-order valence-electron chi connectivity index (χ4n) is 2.49. The molecule has 0 atom stereocenters. The Kier molecular flexibility index (Phi) is 6.87. The van der Waals surface area contributed by atoms with E-state index in [1.54, 1.807) is 6.20 Å². The standard InChI is InChI=1S/C17H26N4O/c1-2-3-10-18-16-13-20-15(12-21-16)17(22)19-11-9-14-7-5-4-6-8-14/h7,12-13H,2-6,8-11H2,1H3,(H,18,21)(H,19,22). The first kappa shape index (κ1) is 16.5. The van der Waals surface area contributed by atoms with Gasteiger partial charge in [0.2, 0.25) is 0 Å². The zero-order valence-corrected chi connectivity index (χ0v) is 13.4. The summed E-state index contributed by atoms with van der Waals surface area (Å²) in [5.74, 6) is 0.571. The van der Waals surface area contributed by atoms with Crippen molar-refractivity contribution in [2.45, 2.75) is 51.9 Å². The van der Waals surface area contributed by atoms with Crippen LogP contribution in [-0.2, 0) is 0 Å². The molecule has 1 aromatic rings. The average molecular weight is 302 g/mol. The van der Waals surface area contributed by atoms with Crippen molar-refractivity contribution in [2.24, 2.45) is 0 Å². The molecule has 0 aliphatic heterocycles. The molecule has 2 N–H and O–H groups in total. The molecular weight excluding hydrogens is 276 g/mol. The van der Waals surface area contributed by atoms with Crippen LogP contribution < -0.4 is 10.6 Å². The second-order valence-corrected chi connectivity index (χ2v) is 5.68. The van der Waals surface area contributed by atoms with Crippen molar-refractivity contribution in [3.8, 4) is 0 Å². The van der Waals surface area contributed by atoms with Crippen LogP contribution in [0.15, 0.2) is 24.0 Å². The van der Waals surface area contributed by atoms with E-state index in [4.69, 9.17) is 0 Å². The number of hydrogen-bond acceptors (Lipinski definition) is 4. The molecular formula is C17H26N4O. The summed E-state index contributed by atoms with van der Waals surface area (Å²) < 4.78 is 0. The molecule has 5 nitrogen and oxygen atoms in total. The molecule has 22 heavy (non-hydrogen) atoms. The number of hydrogen-bond donors (Lipinski definition) is 2. The third kappa shape index (κ3) is 5.47. The second kappa shape index (κ2) is 9.18. The molecule has 120 valence electrons. The lowest BCUT2D eigenvalue weighted by Crippen LogP contribution is -2.26. The fourth-order valence-corrected chi connectivity index (χ4v) is 2.49. The van der Waals surface area contributed by atoms with Gasteiger partial charge in [-0.2, -0.15) is 0 Å². The van der Waals surface area contributed by atoms with Crippen LogP contribution >= 0.6 is 0 Å². The van der Waals surface area contributed by atoms with Gasteiger partial charge < -0.3 is 10.6 Å². The number of rotatable bonds is 8. The number of amides is 1. The van der Waals surface area contributed by atoms with Gasteiger partial charge in [0.1, 0.15) is 11.5 Å². The highest BCUT2D eigenvalue weighted by atomic mass is 16.1. The van der Waals surface area contributed by atoms with Crippen molar-refractivity contribution >= 4 is 11.7 Å². The maximum absolute atomic E-state index is 12.0. The van der Waals surface area contributed by atoms with Crippen molar-refractivity contribution < 1.29 is 4.79 Å². The topological polar surface area (TPSA) is 66.9 Å². The monoisotopic (exact) mass is 302 g/mol. The number of carbonyl (C=O) groups is 1. The van der Waals surface area contributed by atoms with Crippen LogP contribution in [0.1, 0.15) is 62.4 Å². The second-order valence-electron chi connectivity index (χ2n) is 5.68. The van der Waals surface area contributed by atoms with E-state index in [1.165, 1.54) is 37.5 Å². The maximum Gasteiger partial charge on any atom is 0.271 e. The van der Waals surface area contributed by atoms with Crippen molar-refractivity contribution in [1.82, 2.24) is 15.3 Å². The molecule has 0 bridgehead atoms. The summed E-state index contributed by atoms with van der Waals surface area (Å²) in [6, 6.07) is 0. The van der Waals surface area contributed by atoms with Gasteiger partial charge in [-0.15, -0.1) is 0 Å². The number of unbranched alkanes of at least 4 members (excludes halogenated alkanes) is 1. The van der Waals surface area contributed by atoms with E-state index in [0.717, 1.165) is 31.6 Å². The molecule has 1 amide bonds. The third-order valence-electron chi connectivity index (χ3n) is 3.84. The van der Waals surface area contributed by atoms with E-state index >= 15 is 0 Å². The van der Waals surface area contributed by atoms with Crippen LogP contribution in [0.5, 0.6) is 0 Å². The normalized spacial score (nSPS) is 14.3. The third-order valence-corrected chi connectivity index (χ3v) is 3.84. The summed E-state index contributed by atoms with van der Waals surface area (Å²) in [5.41, 5.74) is 1.84. The predicted octanol–water partition coefficient (Wildman–Crippen LogP) is 3.31. The first-order valence-corrected chi connectivity index (χ1v) is 8.31. The van der Waals surface area contributed by atoms with Gasteiger partial charge in [0.15, 0.2) is 0 Å². The highest BCUT2D eigenvalue weighted by molar-refractivity contribution is 5.91. The highest BCUT2D eigenvalue weighted by Crippen LogP contribution is 2.19. The van der Waals surface area contributed by atoms with Gasteiger partial charge in [-0.25, -0.2) is 9.97 Å². The Balaban J connectivity index is 1.73. The molecule has 1 aliphatic carbocycles. The quantitative estimate of drug-likeness (QED) is 0.571. The minimum Gasteiger partial charge on any atom is -0.369 e. The Bertz CT molecular complexity index is 496. The molecule has 0 spiro atoms. The van der Waals surface area contributed by atoms with Crippen molar-refractivity contribution in [3.05, 3.63) is 29.7 Å². The Morgan fingerprint density at radius 3 is 2.82 bits per heavy atom. The van der Waals surface area contributed by atoms with Crippen LogP contribution in [0.4, 0.5) is 5.82 Å². The van der Waals surface area contributed by atoms with Crippen LogP contribution in [-0.4, -0.2) is 29.0 Å². The Morgan fingerprint density at radius 1 is 1.23 bits per heavy atom. The van der Waals surface area contributed by atoms with Gasteiger partial charge in [-0.05, 0) is 38.5 Å². The largest absolute Gasteiger partial charge is 0.369 e. The predicted molar refractivity (Wildman–Crippen MR) is 88.9 cm³/mol. The highest BCUT2D eigenvalue weighted by Gasteiger charge is 2.08. The molecule has 0 aromatic carbocycles. The summed E-state index contributed by atoms with van der Waals surface area (Å²) in [6.07, 6.45) is 13.6. The minimum absolute atomic E-state index is 0.149. The molecule has 0 fully saturated rings. The van der Waals surface area contributed by atoms with E-state index in [2.05, 4.69) is 33.6 Å². The molecule has 0 radical (unpaired) electrons. The van der Waals surface area contributed by atoms with E-state index in [0.29, 0.717) is 12.2 Å². The zero-order chi connectivity index (χ0) is 15.6. The summed E-state index contributed by atoms with van der Waals surface area (Å²) in [6.45, 7) is 3.69. The number of aromatic nitrogens is 2. The van der Waals surface area contributed by atoms with E-state index < -0.39 is 0 Å². The lowest BCUT2D eigenvalue weighted by Gasteiger charge is -2.12. The van der Waals surface area contributed by atoms with Crippen LogP contribution in [0.25, 0.3) is 0 Å². The summed E-state index contributed by atoms with van der Waals surface area (Å²) in [4.78, 5) is 20.4. The summed E-state index contributed by atoms with van der Waals surface area (Å²) in [5, 5.41) is 6.10. The van der Waals surface area contributed by atoms with Crippen LogP contribution in [0.2, 0.25) is 0 Å². The van der Waals surface area contributed by atoms with Crippen molar-refractivity contribution in [1.29, 1.82) is 0 Å². The van der Waals surface area contributed by atoms with Gasteiger partial charge in [0.05, 0.1) is 12.4 Å². The van der Waals surface area contributed by atoms with Crippen molar-refractivity contribution in [2.75, 3.05) is 18.4 Å². The maximum atomic E-state index is 12.0. The molecule has 0 saturated heterocycles.